The average Bonchev–Trinajstić information content (AvgIpc) is 3.06. The van der Waals surface area contributed by atoms with E-state index in [1.807, 2.05) is 30.3 Å². The van der Waals surface area contributed by atoms with E-state index in [-0.39, 0.29) is 17.4 Å². The second kappa shape index (κ2) is 5.57. The maximum absolute atomic E-state index is 12.1. The number of carbonyl (C=O) groups excluding carboxylic acids is 1. The van der Waals surface area contributed by atoms with E-state index in [0.717, 1.165) is 11.3 Å². The SMILES string of the molecule is O=C(Nc1cc(-c2ccccc2)ns1)C1CCS(=O)(=O)C1. The summed E-state index contributed by atoms with van der Waals surface area (Å²) >= 11 is 1.20. The summed E-state index contributed by atoms with van der Waals surface area (Å²) in [4.78, 5) is 12.1. The van der Waals surface area contributed by atoms with Crippen molar-refractivity contribution in [2.75, 3.05) is 16.8 Å². The number of anilines is 1. The van der Waals surface area contributed by atoms with E-state index in [0.29, 0.717) is 11.4 Å². The van der Waals surface area contributed by atoms with Crippen LogP contribution in [0.2, 0.25) is 0 Å². The predicted molar refractivity (Wildman–Crippen MR) is 82.9 cm³/mol. The molecule has 5 nitrogen and oxygen atoms in total. The van der Waals surface area contributed by atoms with Gasteiger partial charge in [0.05, 0.1) is 23.1 Å². The lowest BCUT2D eigenvalue weighted by Gasteiger charge is -2.06. The molecule has 3 rings (SSSR count). The number of sulfone groups is 1. The lowest BCUT2D eigenvalue weighted by Crippen LogP contribution is -2.23. The molecular weight excluding hydrogens is 308 g/mol. The van der Waals surface area contributed by atoms with Gasteiger partial charge in [0, 0.05) is 11.6 Å². The van der Waals surface area contributed by atoms with Gasteiger partial charge in [0.25, 0.3) is 0 Å². The number of benzene rings is 1. The maximum Gasteiger partial charge on any atom is 0.229 e. The first-order valence-electron chi connectivity index (χ1n) is 6.57. The fourth-order valence-corrected chi connectivity index (χ4v) is 4.71. The Kier molecular flexibility index (Phi) is 3.77. The van der Waals surface area contributed by atoms with Crippen molar-refractivity contribution in [1.82, 2.24) is 4.37 Å². The quantitative estimate of drug-likeness (QED) is 0.940. The Morgan fingerprint density at radius 3 is 2.71 bits per heavy atom. The van der Waals surface area contributed by atoms with Crippen LogP contribution in [0.1, 0.15) is 6.42 Å². The minimum absolute atomic E-state index is 0.0524. The van der Waals surface area contributed by atoms with Gasteiger partial charge in [-0.05, 0) is 18.0 Å². The van der Waals surface area contributed by atoms with Crippen LogP contribution >= 0.6 is 11.5 Å². The molecule has 1 atom stereocenters. The van der Waals surface area contributed by atoms with Crippen LogP contribution < -0.4 is 5.32 Å². The van der Waals surface area contributed by atoms with Crippen LogP contribution in [0.4, 0.5) is 5.00 Å². The molecule has 0 bridgehead atoms. The first-order valence-corrected chi connectivity index (χ1v) is 9.16. The zero-order chi connectivity index (χ0) is 14.9. The van der Waals surface area contributed by atoms with Crippen molar-refractivity contribution in [3.05, 3.63) is 36.4 Å². The van der Waals surface area contributed by atoms with Crippen LogP contribution in [-0.4, -0.2) is 30.2 Å². The average molecular weight is 322 g/mol. The number of carbonyl (C=O) groups is 1. The Morgan fingerprint density at radius 2 is 2.05 bits per heavy atom. The monoisotopic (exact) mass is 322 g/mol. The summed E-state index contributed by atoms with van der Waals surface area (Å²) in [7, 11) is -3.04. The molecule has 1 unspecified atom stereocenters. The number of aromatic nitrogens is 1. The lowest BCUT2D eigenvalue weighted by molar-refractivity contribution is -0.119. The Bertz CT molecular complexity index is 754. The van der Waals surface area contributed by atoms with Crippen molar-refractivity contribution in [3.63, 3.8) is 0 Å². The highest BCUT2D eigenvalue weighted by Crippen LogP contribution is 2.27. The van der Waals surface area contributed by atoms with E-state index in [1.54, 1.807) is 6.07 Å². The van der Waals surface area contributed by atoms with Crippen molar-refractivity contribution in [2.24, 2.45) is 5.92 Å². The van der Waals surface area contributed by atoms with Crippen LogP contribution in [0.15, 0.2) is 36.4 Å². The molecule has 21 heavy (non-hydrogen) atoms. The van der Waals surface area contributed by atoms with E-state index in [4.69, 9.17) is 0 Å². The van der Waals surface area contributed by atoms with Gasteiger partial charge in [0.15, 0.2) is 9.84 Å². The normalized spacial score (nSPS) is 20.3. The largest absolute Gasteiger partial charge is 0.316 e. The van der Waals surface area contributed by atoms with Crippen molar-refractivity contribution in [3.8, 4) is 11.3 Å². The number of hydrogen-bond acceptors (Lipinski definition) is 5. The highest BCUT2D eigenvalue weighted by atomic mass is 32.2. The van der Waals surface area contributed by atoms with E-state index in [2.05, 4.69) is 9.69 Å². The Labute approximate surface area is 127 Å². The van der Waals surface area contributed by atoms with Gasteiger partial charge in [-0.25, -0.2) is 8.42 Å². The van der Waals surface area contributed by atoms with Crippen molar-refractivity contribution >= 4 is 32.3 Å². The molecule has 1 aliphatic heterocycles. The van der Waals surface area contributed by atoms with Gasteiger partial charge in [-0.3, -0.25) is 4.79 Å². The highest BCUT2D eigenvalue weighted by Gasteiger charge is 2.33. The molecule has 0 radical (unpaired) electrons. The number of hydrogen-bond donors (Lipinski definition) is 1. The summed E-state index contributed by atoms with van der Waals surface area (Å²) in [5.41, 5.74) is 1.78. The van der Waals surface area contributed by atoms with Gasteiger partial charge in [0.2, 0.25) is 5.91 Å². The van der Waals surface area contributed by atoms with Gasteiger partial charge < -0.3 is 5.32 Å². The van der Waals surface area contributed by atoms with Gasteiger partial charge in [-0.15, -0.1) is 0 Å². The van der Waals surface area contributed by atoms with Crippen molar-refractivity contribution in [2.45, 2.75) is 6.42 Å². The van der Waals surface area contributed by atoms with Gasteiger partial charge in [0.1, 0.15) is 5.00 Å². The molecule has 1 aliphatic rings. The Morgan fingerprint density at radius 1 is 1.29 bits per heavy atom. The summed E-state index contributed by atoms with van der Waals surface area (Å²) in [6.45, 7) is 0. The molecule has 2 aromatic rings. The van der Waals surface area contributed by atoms with Gasteiger partial charge in [-0.2, -0.15) is 4.37 Å². The first-order chi connectivity index (χ1) is 10.0. The van der Waals surface area contributed by atoms with Crippen LogP contribution in [0, 0.1) is 5.92 Å². The van der Waals surface area contributed by atoms with Crippen LogP contribution in [-0.2, 0) is 14.6 Å². The highest BCUT2D eigenvalue weighted by molar-refractivity contribution is 7.91. The van der Waals surface area contributed by atoms with Gasteiger partial charge >= 0.3 is 0 Å². The summed E-state index contributed by atoms with van der Waals surface area (Å²) in [6, 6.07) is 11.5. The third-order valence-electron chi connectivity index (χ3n) is 3.43. The molecule has 2 heterocycles. The summed E-state index contributed by atoms with van der Waals surface area (Å²) in [5, 5.41) is 3.41. The molecule has 1 fully saturated rings. The maximum atomic E-state index is 12.1. The van der Waals surface area contributed by atoms with Crippen LogP contribution in [0.3, 0.4) is 0 Å². The van der Waals surface area contributed by atoms with Crippen LogP contribution in [0.25, 0.3) is 11.3 Å². The van der Waals surface area contributed by atoms with E-state index < -0.39 is 15.8 Å². The molecule has 0 aliphatic carbocycles. The van der Waals surface area contributed by atoms with Crippen LogP contribution in [0.5, 0.6) is 0 Å². The van der Waals surface area contributed by atoms with E-state index >= 15 is 0 Å². The molecule has 1 aromatic heterocycles. The molecule has 7 heteroatoms. The summed E-state index contributed by atoms with van der Waals surface area (Å²) < 4.78 is 27.1. The molecule has 110 valence electrons. The van der Waals surface area contributed by atoms with Crippen molar-refractivity contribution in [1.29, 1.82) is 0 Å². The smallest absolute Gasteiger partial charge is 0.229 e. The number of amides is 1. The fraction of sp³-hybridized carbons (Fsp3) is 0.286. The number of nitrogens with one attached hydrogen (secondary N) is 1. The lowest BCUT2D eigenvalue weighted by atomic mass is 10.1. The third-order valence-corrected chi connectivity index (χ3v) is 5.90. The molecule has 1 saturated heterocycles. The Balaban J connectivity index is 1.69. The van der Waals surface area contributed by atoms with E-state index in [9.17, 15) is 13.2 Å². The second-order valence-corrected chi connectivity index (χ2v) is 8.07. The zero-order valence-corrected chi connectivity index (χ0v) is 12.8. The molecule has 1 aromatic carbocycles. The summed E-state index contributed by atoms with van der Waals surface area (Å²) in [6.07, 6.45) is 0.401. The topological polar surface area (TPSA) is 76.1 Å². The predicted octanol–water partition coefficient (Wildman–Crippen LogP) is 2.18. The standard InChI is InChI=1S/C14H14N2O3S2/c17-14(11-6-7-21(18,19)9-11)15-13-8-12(16-20-13)10-4-2-1-3-5-10/h1-5,8,11H,6-7,9H2,(H,15,17). The van der Waals surface area contributed by atoms with E-state index in [1.165, 1.54) is 11.5 Å². The summed E-state index contributed by atoms with van der Waals surface area (Å²) in [5.74, 6) is -0.636. The minimum Gasteiger partial charge on any atom is -0.316 e. The Hall–Kier alpha value is -1.73. The fourth-order valence-electron chi connectivity index (χ4n) is 2.30. The molecule has 1 N–H and O–H groups in total. The second-order valence-electron chi connectivity index (χ2n) is 5.03. The molecule has 0 saturated carbocycles. The number of rotatable bonds is 3. The zero-order valence-electron chi connectivity index (χ0n) is 11.2. The first kappa shape index (κ1) is 14.2. The van der Waals surface area contributed by atoms with Gasteiger partial charge in [-0.1, -0.05) is 30.3 Å². The van der Waals surface area contributed by atoms with Crippen molar-refractivity contribution < 1.29 is 13.2 Å². The third kappa shape index (κ3) is 3.30. The number of nitrogens with zero attached hydrogens (tertiary/aromatic N) is 1. The minimum atomic E-state index is -3.04. The molecular formula is C14H14N2O3S2. The molecule has 1 amide bonds. The molecule has 0 spiro atoms.